The van der Waals surface area contributed by atoms with Crippen LogP contribution in [-0.4, -0.2) is 16.6 Å². The summed E-state index contributed by atoms with van der Waals surface area (Å²) >= 11 is 13.0. The van der Waals surface area contributed by atoms with Crippen molar-refractivity contribution < 1.29 is 8.85 Å². The number of rotatable bonds is 5. The molecule has 0 unspecified atom stereocenters. The van der Waals surface area contributed by atoms with E-state index >= 15 is 0 Å². The Morgan fingerprint density at radius 2 is 0.905 bits per heavy atom. The number of terminal acetylenes is 2. The van der Waals surface area contributed by atoms with E-state index in [1.165, 1.54) is 0 Å². The second-order valence-corrected chi connectivity index (χ2v) is 24.3. The quantitative estimate of drug-likeness (QED) is 0.161. The zero-order chi connectivity index (χ0) is 31.4. The van der Waals surface area contributed by atoms with Gasteiger partial charge in [0.2, 0.25) is 0 Å². The third-order valence-electron chi connectivity index (χ3n) is 9.03. The summed E-state index contributed by atoms with van der Waals surface area (Å²) < 4.78 is 14.2. The summed E-state index contributed by atoms with van der Waals surface area (Å²) in [4.78, 5) is 0. The molecule has 0 aliphatic carbocycles. The lowest BCUT2D eigenvalue weighted by Gasteiger charge is -2.39. The molecular weight excluding hydrogens is 591 g/mol. The monoisotopic (exact) mass is 630 g/mol. The van der Waals surface area contributed by atoms with Gasteiger partial charge in [-0.25, -0.2) is 0 Å². The van der Waals surface area contributed by atoms with Crippen molar-refractivity contribution in [2.24, 2.45) is 0 Å². The Morgan fingerprint density at radius 1 is 0.571 bits per heavy atom. The Bertz CT molecular complexity index is 1660. The standard InChI is InChI=1S/C36H40Cl2O2Si2/c1-13-23-19-31(39-41(9,10)35(3,4)5)33(27-17-15-25(37)21-29(23)27)34-28-18-16-26(38)22-30(28)24(14-2)20-32(34)40-42(11,12)36(6,7)8/h1-2,15-22H,3-12H3. The summed E-state index contributed by atoms with van der Waals surface area (Å²) in [5, 5.41) is 4.77. The molecule has 0 saturated heterocycles. The van der Waals surface area contributed by atoms with Crippen LogP contribution in [0.5, 0.6) is 11.5 Å². The zero-order valence-corrected chi connectivity index (χ0v) is 29.9. The molecule has 0 amide bonds. The third-order valence-corrected chi connectivity index (χ3v) is 18.2. The van der Waals surface area contributed by atoms with Crippen LogP contribution in [-0.2, 0) is 0 Å². The van der Waals surface area contributed by atoms with Crippen molar-refractivity contribution >= 4 is 61.4 Å². The normalized spacial score (nSPS) is 12.7. The third kappa shape index (κ3) is 5.84. The van der Waals surface area contributed by atoms with Crippen molar-refractivity contribution in [1.29, 1.82) is 0 Å². The molecule has 4 aromatic rings. The molecule has 0 bridgehead atoms. The maximum Gasteiger partial charge on any atom is 0.250 e. The van der Waals surface area contributed by atoms with Crippen molar-refractivity contribution in [2.45, 2.75) is 77.8 Å². The van der Waals surface area contributed by atoms with Gasteiger partial charge in [0.1, 0.15) is 11.5 Å². The van der Waals surface area contributed by atoms with Crippen LogP contribution >= 0.6 is 23.2 Å². The van der Waals surface area contributed by atoms with Gasteiger partial charge in [-0.15, -0.1) is 12.8 Å². The highest BCUT2D eigenvalue weighted by molar-refractivity contribution is 6.75. The molecule has 0 saturated carbocycles. The van der Waals surface area contributed by atoms with E-state index in [0.717, 1.165) is 55.3 Å². The SMILES string of the molecule is C#Cc1cc(O[Si](C)(C)C(C)(C)C)c(-c2c(O[Si](C)(C)C(C)(C)C)cc(C#C)c3cc(Cl)ccc23)c2ccc(Cl)cc12. The van der Waals surface area contributed by atoms with Crippen molar-refractivity contribution in [1.82, 2.24) is 0 Å². The number of fused-ring (bicyclic) bond motifs is 2. The van der Waals surface area contributed by atoms with Gasteiger partial charge in [-0.2, -0.15) is 0 Å². The topological polar surface area (TPSA) is 18.5 Å². The number of halogens is 2. The number of hydrogen-bond acceptors (Lipinski definition) is 2. The maximum absolute atomic E-state index is 7.11. The van der Waals surface area contributed by atoms with E-state index in [1.807, 2.05) is 48.5 Å². The molecule has 0 aliphatic rings. The van der Waals surface area contributed by atoms with Crippen LogP contribution in [0.15, 0.2) is 48.5 Å². The minimum absolute atomic E-state index is 0.0427. The van der Waals surface area contributed by atoms with Gasteiger partial charge < -0.3 is 8.85 Å². The molecule has 4 rings (SSSR count). The Morgan fingerprint density at radius 3 is 1.19 bits per heavy atom. The van der Waals surface area contributed by atoms with Gasteiger partial charge in [-0.05, 0) is 94.2 Å². The van der Waals surface area contributed by atoms with E-state index in [4.69, 9.17) is 44.9 Å². The molecule has 0 spiro atoms. The average molecular weight is 632 g/mol. The lowest BCUT2D eigenvalue weighted by Crippen LogP contribution is -2.44. The van der Waals surface area contributed by atoms with Gasteiger partial charge in [0.25, 0.3) is 16.6 Å². The van der Waals surface area contributed by atoms with Crippen molar-refractivity contribution in [2.75, 3.05) is 0 Å². The fraction of sp³-hybridized carbons (Fsp3) is 0.333. The Balaban J connectivity index is 2.27. The first-order valence-corrected chi connectivity index (χ1v) is 20.7. The van der Waals surface area contributed by atoms with E-state index in [9.17, 15) is 0 Å². The molecule has 0 atom stereocenters. The Labute approximate surface area is 264 Å². The average Bonchev–Trinajstić information content (AvgIpc) is 2.86. The molecule has 4 aromatic carbocycles. The first-order chi connectivity index (χ1) is 19.3. The second kappa shape index (κ2) is 11.0. The van der Waals surface area contributed by atoms with Gasteiger partial charge in [-0.3, -0.25) is 0 Å². The minimum atomic E-state index is -2.31. The molecule has 0 N–H and O–H groups in total. The van der Waals surface area contributed by atoms with Gasteiger partial charge >= 0.3 is 0 Å². The van der Waals surface area contributed by atoms with E-state index in [0.29, 0.717) is 10.0 Å². The van der Waals surface area contributed by atoms with Crippen LogP contribution in [0.25, 0.3) is 32.7 Å². The second-order valence-electron chi connectivity index (χ2n) is 14.0. The first-order valence-electron chi connectivity index (χ1n) is 14.2. The smallest absolute Gasteiger partial charge is 0.250 e. The van der Waals surface area contributed by atoms with E-state index in [-0.39, 0.29) is 10.1 Å². The number of hydrogen-bond donors (Lipinski definition) is 0. The lowest BCUT2D eigenvalue weighted by molar-refractivity contribution is 0.489. The minimum Gasteiger partial charge on any atom is -0.543 e. The van der Waals surface area contributed by atoms with Crippen molar-refractivity contribution in [3.05, 3.63) is 69.7 Å². The van der Waals surface area contributed by atoms with E-state index in [2.05, 4.69) is 79.6 Å². The fourth-order valence-electron chi connectivity index (χ4n) is 4.51. The largest absolute Gasteiger partial charge is 0.543 e. The van der Waals surface area contributed by atoms with E-state index < -0.39 is 16.6 Å². The lowest BCUT2D eigenvalue weighted by atomic mass is 9.89. The molecule has 0 aliphatic heterocycles. The maximum atomic E-state index is 7.11. The van der Waals surface area contributed by atoms with Crippen LogP contribution in [0, 0.1) is 24.7 Å². The Kier molecular flexibility index (Phi) is 8.40. The first kappa shape index (κ1) is 32.1. The predicted molar refractivity (Wildman–Crippen MR) is 188 cm³/mol. The Hall–Kier alpha value is -2.87. The summed E-state index contributed by atoms with van der Waals surface area (Å²) in [6.07, 6.45) is 12.2. The van der Waals surface area contributed by atoms with Gasteiger partial charge in [0, 0.05) is 32.3 Å². The molecule has 0 fully saturated rings. The van der Waals surface area contributed by atoms with Gasteiger partial charge in [-0.1, -0.05) is 88.7 Å². The predicted octanol–water partition coefficient (Wildman–Crippen LogP) is 11.7. The highest BCUT2D eigenvalue weighted by atomic mass is 35.5. The van der Waals surface area contributed by atoms with Gasteiger partial charge in [0.05, 0.1) is 0 Å². The molecule has 218 valence electrons. The fourth-order valence-corrected chi connectivity index (χ4v) is 6.89. The molecule has 2 nitrogen and oxygen atoms in total. The summed E-state index contributed by atoms with van der Waals surface area (Å²) in [5.74, 6) is 7.23. The summed E-state index contributed by atoms with van der Waals surface area (Å²) in [7, 11) is -4.63. The molecule has 0 aromatic heterocycles. The molecule has 6 heteroatoms. The summed E-state index contributed by atoms with van der Waals surface area (Å²) in [6, 6.07) is 15.7. The molecule has 0 heterocycles. The van der Waals surface area contributed by atoms with E-state index in [1.54, 1.807) is 0 Å². The summed E-state index contributed by atoms with van der Waals surface area (Å²) in [5.41, 5.74) is 3.28. The zero-order valence-electron chi connectivity index (χ0n) is 26.3. The van der Waals surface area contributed by atoms with Crippen LogP contribution in [0.4, 0.5) is 0 Å². The molecule has 42 heavy (non-hydrogen) atoms. The summed E-state index contributed by atoms with van der Waals surface area (Å²) in [6.45, 7) is 22.3. The van der Waals surface area contributed by atoms with Crippen LogP contribution in [0.3, 0.4) is 0 Å². The van der Waals surface area contributed by atoms with Gasteiger partial charge in [0.15, 0.2) is 0 Å². The van der Waals surface area contributed by atoms with Crippen LogP contribution in [0.1, 0.15) is 52.7 Å². The highest BCUT2D eigenvalue weighted by Gasteiger charge is 2.42. The van der Waals surface area contributed by atoms with Crippen LogP contribution in [0.2, 0.25) is 46.3 Å². The number of benzene rings is 4. The molecular formula is C36H40Cl2O2Si2. The highest BCUT2D eigenvalue weighted by Crippen LogP contribution is 2.51. The molecule has 0 radical (unpaired) electrons. The van der Waals surface area contributed by atoms with Crippen LogP contribution < -0.4 is 8.85 Å². The van der Waals surface area contributed by atoms with Crippen molar-refractivity contribution in [3.8, 4) is 47.3 Å². The van der Waals surface area contributed by atoms with Crippen molar-refractivity contribution in [3.63, 3.8) is 0 Å².